The van der Waals surface area contributed by atoms with Gasteiger partial charge < -0.3 is 11.1 Å². The highest BCUT2D eigenvalue weighted by Crippen LogP contribution is 2.27. The summed E-state index contributed by atoms with van der Waals surface area (Å²) >= 11 is 7.35. The van der Waals surface area contributed by atoms with Crippen LogP contribution in [-0.4, -0.2) is 16.9 Å². The molecule has 0 heterocycles. The molecule has 2 rings (SSSR count). The van der Waals surface area contributed by atoms with E-state index in [4.69, 9.17) is 18.0 Å². The second kappa shape index (κ2) is 7.36. The number of carbonyl (C=O) groups is 1. The average Bonchev–Trinajstić information content (AvgIpc) is 2.45. The van der Waals surface area contributed by atoms with Crippen molar-refractivity contribution in [2.24, 2.45) is 11.7 Å². The Morgan fingerprint density at radius 2 is 2.05 bits per heavy atom. The van der Waals surface area contributed by atoms with Crippen LogP contribution in [0.25, 0.3) is 0 Å². The molecule has 3 nitrogen and oxygen atoms in total. The van der Waals surface area contributed by atoms with Gasteiger partial charge in [0.1, 0.15) is 0 Å². The summed E-state index contributed by atoms with van der Waals surface area (Å²) in [4.78, 5) is 12.7. The van der Waals surface area contributed by atoms with Crippen molar-refractivity contribution >= 4 is 45.7 Å². The van der Waals surface area contributed by atoms with Gasteiger partial charge in [-0.05, 0) is 59.5 Å². The fourth-order valence-electron chi connectivity index (χ4n) is 2.74. The Balaban J connectivity index is 2.07. The Bertz CT molecular complexity index is 500. The smallest absolute Gasteiger partial charge is 0.251 e. The van der Waals surface area contributed by atoms with Crippen LogP contribution in [0.1, 0.15) is 42.5 Å². The van der Waals surface area contributed by atoms with Gasteiger partial charge in [0.15, 0.2) is 0 Å². The molecule has 1 unspecified atom stereocenters. The number of thiocarbonyl (C=S) groups is 1. The third kappa shape index (κ3) is 4.15. The number of halogens is 1. The van der Waals surface area contributed by atoms with Gasteiger partial charge in [0.05, 0.1) is 11.0 Å². The number of nitrogens with one attached hydrogen (secondary N) is 1. The van der Waals surface area contributed by atoms with E-state index in [0.717, 1.165) is 16.4 Å². The Morgan fingerprint density at radius 1 is 1.35 bits per heavy atom. The van der Waals surface area contributed by atoms with Gasteiger partial charge in [-0.1, -0.05) is 37.5 Å². The van der Waals surface area contributed by atoms with E-state index in [0.29, 0.717) is 16.5 Å². The fourth-order valence-corrected chi connectivity index (χ4v) is 3.54. The van der Waals surface area contributed by atoms with Crippen molar-refractivity contribution in [1.29, 1.82) is 0 Å². The number of amides is 1. The van der Waals surface area contributed by atoms with Gasteiger partial charge >= 0.3 is 0 Å². The Hall–Kier alpha value is -0.690. The molecule has 1 aromatic rings. The van der Waals surface area contributed by atoms with Crippen LogP contribution < -0.4 is 11.1 Å². The first-order chi connectivity index (χ1) is 9.58. The van der Waals surface area contributed by atoms with Crippen molar-refractivity contribution in [2.45, 2.75) is 38.1 Å². The zero-order chi connectivity index (χ0) is 14.5. The Labute approximate surface area is 138 Å². The zero-order valence-corrected chi connectivity index (χ0v) is 14.2. The SMILES string of the molecule is NC(=S)C(NC(=O)c1cccc(I)c1)C1CCCCC1. The highest BCUT2D eigenvalue weighted by atomic mass is 127. The number of rotatable bonds is 4. The minimum absolute atomic E-state index is 0.0908. The molecule has 1 aliphatic rings. The predicted octanol–water partition coefficient (Wildman–Crippen LogP) is 3.26. The summed E-state index contributed by atoms with van der Waals surface area (Å²) < 4.78 is 1.04. The lowest BCUT2D eigenvalue weighted by atomic mass is 9.83. The fraction of sp³-hybridized carbons (Fsp3) is 0.467. The number of benzene rings is 1. The van der Waals surface area contributed by atoms with Crippen LogP contribution in [0, 0.1) is 9.49 Å². The molecule has 1 amide bonds. The van der Waals surface area contributed by atoms with Crippen molar-refractivity contribution in [3.05, 3.63) is 33.4 Å². The van der Waals surface area contributed by atoms with E-state index in [2.05, 4.69) is 27.9 Å². The van der Waals surface area contributed by atoms with Gasteiger partial charge in [-0.2, -0.15) is 0 Å². The molecule has 0 radical (unpaired) electrons. The molecule has 1 aliphatic carbocycles. The average molecular weight is 402 g/mol. The molecule has 3 N–H and O–H groups in total. The van der Waals surface area contributed by atoms with Crippen molar-refractivity contribution in [2.75, 3.05) is 0 Å². The zero-order valence-electron chi connectivity index (χ0n) is 11.3. The van der Waals surface area contributed by atoms with Crippen molar-refractivity contribution in [3.63, 3.8) is 0 Å². The van der Waals surface area contributed by atoms with E-state index in [1.165, 1.54) is 19.3 Å². The van der Waals surface area contributed by atoms with Gasteiger partial charge in [0.2, 0.25) is 0 Å². The summed E-state index contributed by atoms with van der Waals surface area (Å²) in [6, 6.07) is 7.34. The van der Waals surface area contributed by atoms with E-state index in [1.807, 2.05) is 24.3 Å². The van der Waals surface area contributed by atoms with E-state index in [-0.39, 0.29) is 11.9 Å². The molecule has 0 bridgehead atoms. The molecule has 1 fully saturated rings. The summed E-state index contributed by atoms with van der Waals surface area (Å²) in [7, 11) is 0. The Kier molecular flexibility index (Phi) is 5.77. The number of hydrogen-bond acceptors (Lipinski definition) is 2. The highest BCUT2D eigenvalue weighted by molar-refractivity contribution is 14.1. The van der Waals surface area contributed by atoms with Gasteiger partial charge in [-0.25, -0.2) is 0 Å². The molecule has 1 saturated carbocycles. The molecule has 0 spiro atoms. The summed E-state index contributed by atoms with van der Waals surface area (Å²) in [6.07, 6.45) is 5.85. The lowest BCUT2D eigenvalue weighted by Gasteiger charge is -2.30. The maximum atomic E-state index is 12.3. The maximum Gasteiger partial charge on any atom is 0.251 e. The monoisotopic (exact) mass is 402 g/mol. The second-order valence-electron chi connectivity index (χ2n) is 5.26. The van der Waals surface area contributed by atoms with Crippen molar-refractivity contribution in [1.82, 2.24) is 5.32 Å². The van der Waals surface area contributed by atoms with Crippen LogP contribution >= 0.6 is 34.8 Å². The molecular weight excluding hydrogens is 383 g/mol. The van der Waals surface area contributed by atoms with Crippen molar-refractivity contribution in [3.8, 4) is 0 Å². The summed E-state index contributed by atoms with van der Waals surface area (Å²) in [5.74, 6) is 0.292. The van der Waals surface area contributed by atoms with Gasteiger partial charge in [-0.15, -0.1) is 0 Å². The van der Waals surface area contributed by atoms with Gasteiger partial charge in [-0.3, -0.25) is 4.79 Å². The standard InChI is InChI=1S/C15H19IN2OS/c16-12-8-4-7-11(9-12)15(19)18-13(14(17)20)10-5-2-1-3-6-10/h4,7-10,13H,1-3,5-6H2,(H2,17,20)(H,18,19). The van der Waals surface area contributed by atoms with Crippen LogP contribution in [0.15, 0.2) is 24.3 Å². The van der Waals surface area contributed by atoms with Crippen LogP contribution in [0.2, 0.25) is 0 Å². The third-order valence-corrected chi connectivity index (χ3v) is 4.73. The molecule has 5 heteroatoms. The first-order valence-corrected chi connectivity index (χ1v) is 8.42. The second-order valence-corrected chi connectivity index (χ2v) is 6.98. The molecular formula is C15H19IN2OS. The molecule has 108 valence electrons. The number of carbonyl (C=O) groups excluding carboxylic acids is 1. The molecule has 1 atom stereocenters. The largest absolute Gasteiger partial charge is 0.392 e. The van der Waals surface area contributed by atoms with Crippen LogP contribution in [0.4, 0.5) is 0 Å². The first kappa shape index (κ1) is 15.7. The van der Waals surface area contributed by atoms with E-state index >= 15 is 0 Å². The lowest BCUT2D eigenvalue weighted by Crippen LogP contribution is -2.48. The maximum absolute atomic E-state index is 12.3. The number of hydrogen-bond donors (Lipinski definition) is 2. The minimum atomic E-state index is -0.185. The van der Waals surface area contributed by atoms with Gasteiger partial charge in [0, 0.05) is 9.13 Å². The van der Waals surface area contributed by atoms with Crippen molar-refractivity contribution < 1.29 is 4.79 Å². The summed E-state index contributed by atoms with van der Waals surface area (Å²) in [6.45, 7) is 0. The third-order valence-electron chi connectivity index (χ3n) is 3.80. The minimum Gasteiger partial charge on any atom is -0.392 e. The predicted molar refractivity (Wildman–Crippen MR) is 93.8 cm³/mol. The molecule has 0 aliphatic heterocycles. The highest BCUT2D eigenvalue weighted by Gasteiger charge is 2.27. The molecule has 1 aromatic carbocycles. The normalized spacial score (nSPS) is 17.4. The van der Waals surface area contributed by atoms with Crippen LogP contribution in [-0.2, 0) is 0 Å². The van der Waals surface area contributed by atoms with Gasteiger partial charge in [0.25, 0.3) is 5.91 Å². The molecule has 0 saturated heterocycles. The van der Waals surface area contributed by atoms with E-state index < -0.39 is 0 Å². The van der Waals surface area contributed by atoms with Crippen LogP contribution in [0.3, 0.4) is 0 Å². The molecule has 20 heavy (non-hydrogen) atoms. The molecule has 0 aromatic heterocycles. The number of nitrogens with two attached hydrogens (primary N) is 1. The topological polar surface area (TPSA) is 55.1 Å². The summed E-state index contributed by atoms with van der Waals surface area (Å²) in [5, 5.41) is 3.02. The van der Waals surface area contributed by atoms with Crippen LogP contribution in [0.5, 0.6) is 0 Å². The summed E-state index contributed by atoms with van der Waals surface area (Å²) in [5.41, 5.74) is 6.50. The Morgan fingerprint density at radius 3 is 2.65 bits per heavy atom. The lowest BCUT2D eigenvalue weighted by molar-refractivity contribution is 0.0932. The van der Waals surface area contributed by atoms with E-state index in [9.17, 15) is 4.79 Å². The first-order valence-electron chi connectivity index (χ1n) is 6.93. The quantitative estimate of drug-likeness (QED) is 0.601. The van der Waals surface area contributed by atoms with E-state index in [1.54, 1.807) is 0 Å².